The van der Waals surface area contributed by atoms with Crippen LogP contribution in [0.25, 0.3) is 0 Å². The smallest absolute Gasteiger partial charge is 0.326 e. The van der Waals surface area contributed by atoms with Crippen molar-refractivity contribution in [1.82, 2.24) is 31.9 Å². The molecule has 23 nitrogen and oxygen atoms in total. The van der Waals surface area contributed by atoms with E-state index in [1.165, 1.54) is 13.8 Å². The maximum Gasteiger partial charge on any atom is 0.326 e. The molecule has 0 saturated heterocycles. The Morgan fingerprint density at radius 3 is 1.42 bits per heavy atom. The summed E-state index contributed by atoms with van der Waals surface area (Å²) >= 11 is 0. The predicted octanol–water partition coefficient (Wildman–Crippen LogP) is -4.87. The van der Waals surface area contributed by atoms with Crippen molar-refractivity contribution in [3.05, 3.63) is 0 Å². The lowest BCUT2D eigenvalue weighted by Crippen LogP contribution is -2.62. The Morgan fingerprint density at radius 2 is 0.965 bits per heavy atom. The normalized spacial score (nSPS) is 16.3. The minimum absolute atomic E-state index is 0.0958. The number of carbonyl (C=O) groups is 10. The molecule has 0 aromatic heterocycles. The van der Waals surface area contributed by atoms with Gasteiger partial charge < -0.3 is 70.2 Å². The van der Waals surface area contributed by atoms with Gasteiger partial charge in [0.25, 0.3) is 0 Å². The summed E-state index contributed by atoms with van der Waals surface area (Å²) in [6.45, 7) is 7.99. The number of aliphatic hydroxyl groups is 1. The van der Waals surface area contributed by atoms with Crippen LogP contribution >= 0.6 is 0 Å². The van der Waals surface area contributed by atoms with Crippen molar-refractivity contribution in [2.24, 2.45) is 34.8 Å². The number of carbonyl (C=O) groups excluding carboxylic acids is 8. The Bertz CT molecular complexity index is 1450. The molecule has 0 fully saturated rings. The van der Waals surface area contributed by atoms with Crippen LogP contribution in [0.1, 0.15) is 86.0 Å². The van der Waals surface area contributed by atoms with Crippen LogP contribution in [0.15, 0.2) is 0 Å². The van der Waals surface area contributed by atoms with Crippen molar-refractivity contribution in [2.75, 3.05) is 6.54 Å². The molecule has 0 aliphatic rings. The minimum atomic E-state index is -1.86. The molecule has 0 aliphatic carbocycles. The monoisotopic (exact) mass is 816 g/mol. The first-order valence-corrected chi connectivity index (χ1v) is 18.5. The van der Waals surface area contributed by atoms with Gasteiger partial charge in [0, 0.05) is 0 Å². The number of nitrogens with two attached hydrogens (primary N) is 4. The largest absolute Gasteiger partial charge is 0.481 e. The van der Waals surface area contributed by atoms with Crippen molar-refractivity contribution in [3.8, 4) is 0 Å². The fourth-order valence-electron chi connectivity index (χ4n) is 5.15. The molecule has 0 aromatic carbocycles. The topological polar surface area (TPSA) is 408 Å². The number of carboxylic acid groups (broad SMARTS) is 2. The molecular weight excluding hydrogens is 756 g/mol. The van der Waals surface area contributed by atoms with Gasteiger partial charge in [0.1, 0.15) is 36.3 Å². The van der Waals surface area contributed by atoms with E-state index in [9.17, 15) is 63.3 Å². The van der Waals surface area contributed by atoms with Gasteiger partial charge in [0.15, 0.2) is 0 Å². The molecular formula is C34H60N10O13. The fraction of sp³-hybridized carbons (Fsp3) is 0.706. The van der Waals surface area contributed by atoms with Gasteiger partial charge >= 0.3 is 11.9 Å². The van der Waals surface area contributed by atoms with E-state index in [0.717, 1.165) is 0 Å². The van der Waals surface area contributed by atoms with E-state index in [1.807, 2.05) is 0 Å². The van der Waals surface area contributed by atoms with Gasteiger partial charge in [-0.05, 0) is 44.6 Å². The third-order valence-electron chi connectivity index (χ3n) is 9.07. The molecule has 57 heavy (non-hydrogen) atoms. The molecule has 0 rings (SSSR count). The van der Waals surface area contributed by atoms with E-state index in [2.05, 4.69) is 31.9 Å². The maximum atomic E-state index is 13.7. The highest BCUT2D eigenvalue weighted by Crippen LogP contribution is 2.12. The number of rotatable bonds is 28. The molecule has 17 N–H and O–H groups in total. The van der Waals surface area contributed by atoms with E-state index < -0.39 is 133 Å². The average Bonchev–Trinajstić information content (AvgIpc) is 3.12. The van der Waals surface area contributed by atoms with Gasteiger partial charge in [-0.25, -0.2) is 4.79 Å². The van der Waals surface area contributed by atoms with Crippen LogP contribution in [0.5, 0.6) is 0 Å². The van der Waals surface area contributed by atoms with Crippen LogP contribution in [0.4, 0.5) is 0 Å². The van der Waals surface area contributed by atoms with Crippen molar-refractivity contribution in [1.29, 1.82) is 0 Å². The second-order valence-corrected chi connectivity index (χ2v) is 13.8. The zero-order chi connectivity index (χ0) is 44.2. The Balaban J connectivity index is 6.40. The molecule has 0 spiro atoms. The van der Waals surface area contributed by atoms with Gasteiger partial charge in [-0.15, -0.1) is 0 Å². The first-order chi connectivity index (χ1) is 26.5. The number of amides is 8. The van der Waals surface area contributed by atoms with Crippen LogP contribution in [0, 0.1) is 11.8 Å². The van der Waals surface area contributed by atoms with Crippen molar-refractivity contribution in [3.63, 3.8) is 0 Å². The number of aliphatic carboxylic acids is 2. The Morgan fingerprint density at radius 1 is 0.544 bits per heavy atom. The minimum Gasteiger partial charge on any atom is -0.481 e. The second-order valence-electron chi connectivity index (χ2n) is 13.8. The Hall–Kier alpha value is -5.42. The van der Waals surface area contributed by atoms with Crippen LogP contribution in [0.2, 0.25) is 0 Å². The standard InChI is InChI=1S/C34H60N10O13/c1-6-15(3)25(38)31(53)44-27(17(5)45)33(55)41-20(14-24(48)49)30(52)43-26(16(4)7-2)32(54)40-19(12-22(36)46)29(51)39-18(10-8-9-11-35)28(50)42-21(34(56)57)13-23(37)47/h15-21,25-27,45H,6-14,35,38H2,1-5H3,(H2,36,46)(H2,37,47)(H,39,51)(H,40,54)(H,41,55)(H,42,50)(H,43,52)(H,44,53)(H,48,49)(H,56,57). The summed E-state index contributed by atoms with van der Waals surface area (Å²) in [4.78, 5) is 126. The summed E-state index contributed by atoms with van der Waals surface area (Å²) in [5.74, 6) is -12.6. The highest BCUT2D eigenvalue weighted by Gasteiger charge is 2.37. The lowest BCUT2D eigenvalue weighted by atomic mass is 9.96. The summed E-state index contributed by atoms with van der Waals surface area (Å²) in [5.41, 5.74) is 21.9. The molecule has 8 amide bonds. The molecule has 10 unspecified atom stereocenters. The predicted molar refractivity (Wildman–Crippen MR) is 201 cm³/mol. The molecule has 23 heteroatoms. The summed E-state index contributed by atoms with van der Waals surface area (Å²) in [6.07, 6.45) is -2.86. The number of hydrogen-bond donors (Lipinski definition) is 13. The van der Waals surface area contributed by atoms with Gasteiger partial charge in [0.2, 0.25) is 47.3 Å². The molecule has 324 valence electrons. The summed E-state index contributed by atoms with van der Waals surface area (Å²) < 4.78 is 0. The van der Waals surface area contributed by atoms with Gasteiger partial charge in [0.05, 0.1) is 31.4 Å². The molecule has 0 bridgehead atoms. The summed E-state index contributed by atoms with van der Waals surface area (Å²) in [7, 11) is 0. The number of aliphatic hydroxyl groups excluding tert-OH is 1. The molecule has 0 heterocycles. The zero-order valence-electron chi connectivity index (χ0n) is 32.9. The summed E-state index contributed by atoms with van der Waals surface area (Å²) in [5, 5.41) is 42.8. The summed E-state index contributed by atoms with van der Waals surface area (Å²) in [6, 6.07) is -11.1. The Labute approximate surface area is 329 Å². The maximum absolute atomic E-state index is 13.7. The first kappa shape index (κ1) is 51.6. The van der Waals surface area contributed by atoms with Crippen LogP contribution < -0.4 is 54.8 Å². The van der Waals surface area contributed by atoms with Crippen molar-refractivity contribution in [2.45, 2.75) is 134 Å². The van der Waals surface area contributed by atoms with E-state index in [-0.39, 0.29) is 31.7 Å². The number of carboxylic acids is 2. The number of nitrogens with one attached hydrogen (secondary N) is 6. The van der Waals surface area contributed by atoms with E-state index in [1.54, 1.807) is 20.8 Å². The molecule has 0 aliphatic heterocycles. The molecule has 0 aromatic rings. The van der Waals surface area contributed by atoms with Gasteiger partial charge in [-0.2, -0.15) is 0 Å². The quantitative estimate of drug-likeness (QED) is 0.0329. The molecule has 0 radical (unpaired) electrons. The van der Waals surface area contributed by atoms with Crippen LogP contribution in [0.3, 0.4) is 0 Å². The molecule has 10 atom stereocenters. The number of hydrogen-bond acceptors (Lipinski definition) is 13. The first-order valence-electron chi connectivity index (χ1n) is 18.5. The van der Waals surface area contributed by atoms with E-state index in [0.29, 0.717) is 12.8 Å². The van der Waals surface area contributed by atoms with Crippen LogP contribution in [-0.4, -0.2) is 129 Å². The number of unbranched alkanes of at least 4 members (excludes halogenated alkanes) is 1. The third-order valence-corrected chi connectivity index (χ3v) is 9.07. The highest BCUT2D eigenvalue weighted by atomic mass is 16.4. The lowest BCUT2D eigenvalue weighted by Gasteiger charge is -2.29. The molecule has 0 saturated carbocycles. The second kappa shape index (κ2) is 25.7. The lowest BCUT2D eigenvalue weighted by molar-refractivity contribution is -0.144. The SMILES string of the molecule is CCC(C)C(N)C(=O)NC(C(=O)NC(CC(=O)O)C(=O)NC(C(=O)NC(CC(N)=O)C(=O)NC(CCCCN)C(=O)NC(CC(N)=O)C(=O)O)C(C)CC)C(C)O. The van der Waals surface area contributed by atoms with Crippen molar-refractivity contribution < 1.29 is 63.3 Å². The van der Waals surface area contributed by atoms with Crippen molar-refractivity contribution >= 4 is 59.2 Å². The average molecular weight is 817 g/mol. The van der Waals surface area contributed by atoms with Crippen LogP contribution in [-0.2, 0) is 47.9 Å². The fourth-order valence-corrected chi connectivity index (χ4v) is 5.15. The highest BCUT2D eigenvalue weighted by molar-refractivity contribution is 5.99. The number of primary amides is 2. The zero-order valence-corrected chi connectivity index (χ0v) is 32.9. The third kappa shape index (κ3) is 18.8. The van der Waals surface area contributed by atoms with Gasteiger partial charge in [-0.1, -0.05) is 40.5 Å². The van der Waals surface area contributed by atoms with E-state index in [4.69, 9.17) is 22.9 Å². The van der Waals surface area contributed by atoms with E-state index >= 15 is 0 Å². The van der Waals surface area contributed by atoms with Gasteiger partial charge in [-0.3, -0.25) is 43.2 Å². The Kier molecular flexibility index (Phi) is 23.2.